The van der Waals surface area contributed by atoms with Gasteiger partial charge in [0.05, 0.1) is 5.39 Å². The normalized spacial score (nSPS) is 15.2. The van der Waals surface area contributed by atoms with Gasteiger partial charge in [-0.15, -0.1) is 0 Å². The first kappa shape index (κ1) is 20.0. The molecule has 1 aliphatic heterocycles. The van der Waals surface area contributed by atoms with Gasteiger partial charge in [0.25, 0.3) is 11.5 Å². The second-order valence-electron chi connectivity index (χ2n) is 7.74. The van der Waals surface area contributed by atoms with E-state index in [0.29, 0.717) is 55.5 Å². The molecule has 1 aromatic heterocycles. The number of nitrogens with one attached hydrogen (secondary N) is 1. The summed E-state index contributed by atoms with van der Waals surface area (Å²) in [4.78, 5) is 39.7. The van der Waals surface area contributed by atoms with E-state index in [4.69, 9.17) is 0 Å². The Morgan fingerprint density at radius 2 is 1.82 bits per heavy atom. The van der Waals surface area contributed by atoms with E-state index in [1.807, 2.05) is 26.8 Å². The van der Waals surface area contributed by atoms with Crippen LogP contribution < -0.4 is 10.9 Å². The van der Waals surface area contributed by atoms with Crippen LogP contribution in [0.15, 0.2) is 29.1 Å². The molecule has 0 bridgehead atoms. The van der Waals surface area contributed by atoms with Crippen LogP contribution in [-0.2, 0) is 11.3 Å². The number of amides is 2. The number of hydrogen-bond acceptors (Lipinski definition) is 4. The van der Waals surface area contributed by atoms with Gasteiger partial charge in [-0.1, -0.05) is 32.0 Å². The number of benzene rings is 1. The van der Waals surface area contributed by atoms with Gasteiger partial charge in [-0.2, -0.15) is 5.10 Å². The minimum atomic E-state index is -0.178. The Morgan fingerprint density at radius 1 is 1.18 bits per heavy atom. The summed E-state index contributed by atoms with van der Waals surface area (Å²) >= 11 is 0. The summed E-state index contributed by atoms with van der Waals surface area (Å²) in [6.45, 7) is 8.03. The van der Waals surface area contributed by atoms with Crippen LogP contribution in [-0.4, -0.2) is 46.1 Å². The van der Waals surface area contributed by atoms with Crippen LogP contribution in [0.5, 0.6) is 0 Å². The molecule has 0 saturated carbocycles. The van der Waals surface area contributed by atoms with Crippen LogP contribution in [0.1, 0.15) is 44.1 Å². The van der Waals surface area contributed by atoms with Crippen LogP contribution in [0, 0.1) is 11.8 Å². The Bertz CT molecular complexity index is 927. The van der Waals surface area contributed by atoms with Crippen molar-refractivity contribution in [3.8, 4) is 0 Å². The zero-order valence-electron chi connectivity index (χ0n) is 16.8. The second kappa shape index (κ2) is 8.54. The molecule has 28 heavy (non-hydrogen) atoms. The Morgan fingerprint density at radius 3 is 2.43 bits per heavy atom. The van der Waals surface area contributed by atoms with Crippen molar-refractivity contribution in [1.29, 1.82) is 0 Å². The smallest absolute Gasteiger partial charge is 0.274 e. The summed E-state index contributed by atoms with van der Waals surface area (Å²) < 4.78 is 1.40. The third-order valence-corrected chi connectivity index (χ3v) is 5.11. The standard InChI is InChI=1S/C21H28N4O3/c1-4-22-19(26)15-9-11-24(12-10-15)21(28)18-16-7-5-6-8-17(16)20(27)25(23-18)13-14(2)3/h5-8,14-15H,4,9-13H2,1-3H3,(H,22,26). The summed E-state index contributed by atoms with van der Waals surface area (Å²) in [7, 11) is 0. The summed E-state index contributed by atoms with van der Waals surface area (Å²) in [5, 5.41) is 8.39. The van der Waals surface area contributed by atoms with Crippen molar-refractivity contribution in [2.45, 2.75) is 40.2 Å². The van der Waals surface area contributed by atoms with Gasteiger partial charge in [0, 0.05) is 37.5 Å². The largest absolute Gasteiger partial charge is 0.356 e. The van der Waals surface area contributed by atoms with E-state index in [2.05, 4.69) is 10.4 Å². The summed E-state index contributed by atoms with van der Waals surface area (Å²) in [5.41, 5.74) is 0.142. The molecular weight excluding hydrogens is 356 g/mol. The third-order valence-electron chi connectivity index (χ3n) is 5.11. The Labute approximate surface area is 164 Å². The van der Waals surface area contributed by atoms with Crippen LogP contribution in [0.4, 0.5) is 0 Å². The highest BCUT2D eigenvalue weighted by atomic mass is 16.2. The molecule has 150 valence electrons. The fourth-order valence-electron chi connectivity index (χ4n) is 3.68. The number of aromatic nitrogens is 2. The Kier molecular flexibility index (Phi) is 6.11. The number of carbonyl (C=O) groups excluding carboxylic acids is 2. The average Bonchev–Trinajstić information content (AvgIpc) is 2.69. The minimum absolute atomic E-state index is 0.0522. The van der Waals surface area contributed by atoms with Gasteiger partial charge >= 0.3 is 0 Å². The van der Waals surface area contributed by atoms with Gasteiger partial charge in [-0.05, 0) is 31.7 Å². The van der Waals surface area contributed by atoms with Crippen LogP contribution in [0.3, 0.4) is 0 Å². The summed E-state index contributed by atoms with van der Waals surface area (Å²) in [6, 6.07) is 7.14. The van der Waals surface area contributed by atoms with Crippen molar-refractivity contribution >= 4 is 22.6 Å². The van der Waals surface area contributed by atoms with Crippen molar-refractivity contribution < 1.29 is 9.59 Å². The molecule has 2 aromatic rings. The first-order valence-corrected chi connectivity index (χ1v) is 9.99. The Hall–Kier alpha value is -2.70. The highest BCUT2D eigenvalue weighted by molar-refractivity contribution is 6.04. The fraction of sp³-hybridized carbons (Fsp3) is 0.524. The number of hydrogen-bond donors (Lipinski definition) is 1. The molecule has 7 nitrogen and oxygen atoms in total. The molecule has 0 atom stereocenters. The predicted molar refractivity (Wildman–Crippen MR) is 108 cm³/mol. The number of carbonyl (C=O) groups is 2. The van der Waals surface area contributed by atoms with Gasteiger partial charge in [0.15, 0.2) is 5.69 Å². The zero-order chi connectivity index (χ0) is 20.3. The second-order valence-corrected chi connectivity index (χ2v) is 7.74. The molecule has 1 fully saturated rings. The minimum Gasteiger partial charge on any atom is -0.356 e. The number of nitrogens with zero attached hydrogens (tertiary/aromatic N) is 3. The van der Waals surface area contributed by atoms with Gasteiger partial charge in [-0.3, -0.25) is 14.4 Å². The molecule has 0 unspecified atom stereocenters. The van der Waals surface area contributed by atoms with Crippen molar-refractivity contribution in [2.75, 3.05) is 19.6 Å². The van der Waals surface area contributed by atoms with Crippen LogP contribution in [0.2, 0.25) is 0 Å². The highest BCUT2D eigenvalue weighted by Crippen LogP contribution is 2.21. The van der Waals surface area contributed by atoms with E-state index in [1.165, 1.54) is 4.68 Å². The van der Waals surface area contributed by atoms with E-state index < -0.39 is 0 Å². The highest BCUT2D eigenvalue weighted by Gasteiger charge is 2.29. The van der Waals surface area contributed by atoms with Crippen molar-refractivity contribution in [3.63, 3.8) is 0 Å². The van der Waals surface area contributed by atoms with Crippen LogP contribution >= 0.6 is 0 Å². The maximum Gasteiger partial charge on any atom is 0.274 e. The first-order chi connectivity index (χ1) is 13.4. The molecule has 1 aromatic carbocycles. The summed E-state index contributed by atoms with van der Waals surface area (Å²) in [5.74, 6) is 0.0671. The average molecular weight is 384 g/mol. The van der Waals surface area contributed by atoms with Crippen molar-refractivity contribution in [2.24, 2.45) is 11.8 Å². The van der Waals surface area contributed by atoms with Gasteiger partial charge in [0.1, 0.15) is 0 Å². The first-order valence-electron chi connectivity index (χ1n) is 9.99. The monoisotopic (exact) mass is 384 g/mol. The molecule has 1 saturated heterocycles. The lowest BCUT2D eigenvalue weighted by Gasteiger charge is -2.31. The topological polar surface area (TPSA) is 84.3 Å². The number of rotatable bonds is 5. The maximum absolute atomic E-state index is 13.2. The number of piperidine rings is 1. The molecule has 1 N–H and O–H groups in total. The molecule has 3 rings (SSSR count). The van der Waals surface area contributed by atoms with E-state index in [0.717, 1.165) is 0 Å². The molecule has 2 heterocycles. The van der Waals surface area contributed by atoms with Gasteiger partial charge in [-0.25, -0.2) is 4.68 Å². The SMILES string of the molecule is CCNC(=O)C1CCN(C(=O)c2nn(CC(C)C)c(=O)c3ccccc23)CC1. The van der Waals surface area contributed by atoms with Gasteiger partial charge in [0.2, 0.25) is 5.91 Å². The molecule has 0 aliphatic carbocycles. The molecule has 0 radical (unpaired) electrons. The number of fused-ring (bicyclic) bond motifs is 1. The lowest BCUT2D eigenvalue weighted by Crippen LogP contribution is -2.43. The van der Waals surface area contributed by atoms with Crippen molar-refractivity contribution in [1.82, 2.24) is 20.0 Å². The lowest BCUT2D eigenvalue weighted by molar-refractivity contribution is -0.126. The predicted octanol–water partition coefficient (Wildman–Crippen LogP) is 2.04. The lowest BCUT2D eigenvalue weighted by atomic mass is 9.95. The fourth-order valence-corrected chi connectivity index (χ4v) is 3.68. The zero-order valence-corrected chi connectivity index (χ0v) is 16.8. The van der Waals surface area contributed by atoms with Crippen molar-refractivity contribution in [3.05, 3.63) is 40.3 Å². The molecule has 0 spiro atoms. The third kappa shape index (κ3) is 4.08. The van der Waals surface area contributed by atoms with E-state index in [9.17, 15) is 14.4 Å². The maximum atomic E-state index is 13.2. The Balaban J connectivity index is 1.89. The van der Waals surface area contributed by atoms with E-state index in [-0.39, 0.29) is 29.2 Å². The summed E-state index contributed by atoms with van der Waals surface area (Å²) in [6.07, 6.45) is 1.28. The molecular formula is C21H28N4O3. The number of likely N-dealkylation sites (tertiary alicyclic amines) is 1. The van der Waals surface area contributed by atoms with E-state index in [1.54, 1.807) is 23.1 Å². The molecule has 1 aliphatic rings. The quantitative estimate of drug-likeness (QED) is 0.855. The van der Waals surface area contributed by atoms with E-state index >= 15 is 0 Å². The van der Waals surface area contributed by atoms with Crippen LogP contribution in [0.25, 0.3) is 10.8 Å². The van der Waals surface area contributed by atoms with Gasteiger partial charge < -0.3 is 10.2 Å². The molecule has 2 amide bonds. The molecule has 7 heteroatoms.